The minimum Gasteiger partial charge on any atom is -0.383 e. The van der Waals surface area contributed by atoms with Crippen LogP contribution in [0, 0.1) is 17.5 Å². The normalized spacial score (nSPS) is 10.6. The third-order valence-electron chi connectivity index (χ3n) is 2.47. The van der Waals surface area contributed by atoms with E-state index in [2.05, 4.69) is 15.9 Å². The molecule has 0 aliphatic carbocycles. The molecule has 0 aromatic heterocycles. The van der Waals surface area contributed by atoms with Gasteiger partial charge in [0.15, 0.2) is 17.5 Å². The highest BCUT2D eigenvalue weighted by Gasteiger charge is 2.22. The van der Waals surface area contributed by atoms with Crippen LogP contribution in [0.2, 0.25) is 0 Å². The molecule has 0 bridgehead atoms. The Morgan fingerprint density at radius 2 is 1.95 bits per heavy atom. The minimum absolute atomic E-state index is 0.235. The van der Waals surface area contributed by atoms with Gasteiger partial charge in [0, 0.05) is 25.5 Å². The molecular formula is C12H13BrF3NO2. The zero-order valence-electron chi connectivity index (χ0n) is 10.3. The van der Waals surface area contributed by atoms with E-state index < -0.39 is 28.9 Å². The van der Waals surface area contributed by atoms with Crippen molar-refractivity contribution in [2.24, 2.45) is 0 Å². The summed E-state index contributed by atoms with van der Waals surface area (Å²) >= 11 is 3.16. The summed E-state index contributed by atoms with van der Waals surface area (Å²) in [5.74, 6) is -5.13. The van der Waals surface area contributed by atoms with Crippen molar-refractivity contribution in [3.8, 4) is 0 Å². The first-order valence-corrected chi connectivity index (χ1v) is 6.62. The van der Waals surface area contributed by atoms with Crippen LogP contribution in [0.3, 0.4) is 0 Å². The summed E-state index contributed by atoms with van der Waals surface area (Å²) in [5.41, 5.74) is -0.490. The van der Waals surface area contributed by atoms with Crippen LogP contribution in [0.1, 0.15) is 10.4 Å². The largest absolute Gasteiger partial charge is 0.383 e. The van der Waals surface area contributed by atoms with Gasteiger partial charge in [-0.1, -0.05) is 15.9 Å². The molecule has 7 heteroatoms. The SMILES string of the molecule is COCCN(CCBr)C(=O)c1ccc(F)c(F)c1F. The van der Waals surface area contributed by atoms with Crippen LogP contribution in [0.5, 0.6) is 0 Å². The van der Waals surface area contributed by atoms with Gasteiger partial charge in [-0.05, 0) is 12.1 Å². The fourth-order valence-electron chi connectivity index (χ4n) is 1.48. The van der Waals surface area contributed by atoms with E-state index in [0.717, 1.165) is 12.1 Å². The van der Waals surface area contributed by atoms with Gasteiger partial charge in [0.05, 0.1) is 12.2 Å². The third kappa shape index (κ3) is 3.94. The zero-order chi connectivity index (χ0) is 14.4. The lowest BCUT2D eigenvalue weighted by atomic mass is 10.1. The molecule has 0 heterocycles. The van der Waals surface area contributed by atoms with Gasteiger partial charge in [-0.15, -0.1) is 0 Å². The number of benzene rings is 1. The number of methoxy groups -OCH3 is 1. The van der Waals surface area contributed by atoms with Gasteiger partial charge in [0.1, 0.15) is 0 Å². The molecule has 0 spiro atoms. The molecule has 0 aliphatic heterocycles. The van der Waals surface area contributed by atoms with E-state index in [-0.39, 0.29) is 13.2 Å². The summed E-state index contributed by atoms with van der Waals surface area (Å²) in [7, 11) is 1.47. The van der Waals surface area contributed by atoms with Gasteiger partial charge in [-0.3, -0.25) is 4.79 Å². The van der Waals surface area contributed by atoms with Crippen molar-refractivity contribution in [1.29, 1.82) is 0 Å². The van der Waals surface area contributed by atoms with E-state index >= 15 is 0 Å². The summed E-state index contributed by atoms with van der Waals surface area (Å²) in [4.78, 5) is 13.3. The van der Waals surface area contributed by atoms with E-state index in [1.54, 1.807) is 0 Å². The topological polar surface area (TPSA) is 29.5 Å². The quantitative estimate of drug-likeness (QED) is 0.589. The molecule has 0 radical (unpaired) electrons. The third-order valence-corrected chi connectivity index (χ3v) is 2.83. The molecule has 0 N–H and O–H groups in total. The molecule has 1 aromatic carbocycles. The van der Waals surface area contributed by atoms with Crippen LogP contribution < -0.4 is 0 Å². The molecule has 1 amide bonds. The standard InChI is InChI=1S/C12H13BrF3NO2/c1-19-7-6-17(5-4-13)12(18)8-2-3-9(14)11(16)10(8)15/h2-3H,4-7H2,1H3. The maximum atomic E-state index is 13.5. The number of nitrogens with zero attached hydrogens (tertiary/aromatic N) is 1. The Hall–Kier alpha value is -1.08. The van der Waals surface area contributed by atoms with Crippen molar-refractivity contribution in [1.82, 2.24) is 4.90 Å². The van der Waals surface area contributed by atoms with Gasteiger partial charge >= 0.3 is 0 Å². The molecular weight excluding hydrogens is 327 g/mol. The van der Waals surface area contributed by atoms with Gasteiger partial charge in [-0.25, -0.2) is 13.2 Å². The number of halogens is 4. The lowest BCUT2D eigenvalue weighted by Crippen LogP contribution is -2.36. The van der Waals surface area contributed by atoms with E-state index in [1.165, 1.54) is 12.0 Å². The average molecular weight is 340 g/mol. The number of carbonyl (C=O) groups is 1. The fraction of sp³-hybridized carbons (Fsp3) is 0.417. The fourth-order valence-corrected chi connectivity index (χ4v) is 1.91. The second kappa shape index (κ2) is 7.49. The Kier molecular flexibility index (Phi) is 6.30. The highest BCUT2D eigenvalue weighted by Crippen LogP contribution is 2.17. The van der Waals surface area contributed by atoms with Crippen molar-refractivity contribution < 1.29 is 22.7 Å². The maximum Gasteiger partial charge on any atom is 0.257 e. The molecule has 106 valence electrons. The molecule has 1 aromatic rings. The van der Waals surface area contributed by atoms with Crippen molar-refractivity contribution in [3.05, 3.63) is 35.1 Å². The highest BCUT2D eigenvalue weighted by atomic mass is 79.9. The van der Waals surface area contributed by atoms with Crippen molar-refractivity contribution in [2.75, 3.05) is 32.1 Å². The molecule has 0 unspecified atom stereocenters. The van der Waals surface area contributed by atoms with E-state index in [4.69, 9.17) is 4.74 Å². The molecule has 19 heavy (non-hydrogen) atoms. The molecule has 0 saturated carbocycles. The van der Waals surface area contributed by atoms with Crippen LogP contribution in [-0.2, 0) is 4.74 Å². The second-order valence-corrected chi connectivity index (χ2v) is 4.49. The van der Waals surface area contributed by atoms with Crippen LogP contribution in [-0.4, -0.2) is 42.9 Å². The maximum absolute atomic E-state index is 13.5. The first-order valence-electron chi connectivity index (χ1n) is 5.50. The molecule has 0 saturated heterocycles. The van der Waals surface area contributed by atoms with E-state index in [1.807, 2.05) is 0 Å². The first-order chi connectivity index (χ1) is 9.02. The lowest BCUT2D eigenvalue weighted by Gasteiger charge is -2.21. The van der Waals surface area contributed by atoms with Gasteiger partial charge in [-0.2, -0.15) is 0 Å². The summed E-state index contributed by atoms with van der Waals surface area (Å²) in [6.07, 6.45) is 0. The number of ether oxygens (including phenoxy) is 1. The van der Waals surface area contributed by atoms with Gasteiger partial charge in [0.2, 0.25) is 0 Å². The van der Waals surface area contributed by atoms with Gasteiger partial charge < -0.3 is 9.64 Å². The van der Waals surface area contributed by atoms with E-state index in [9.17, 15) is 18.0 Å². The molecule has 3 nitrogen and oxygen atoms in total. The van der Waals surface area contributed by atoms with Crippen LogP contribution >= 0.6 is 15.9 Å². The Balaban J connectivity index is 2.99. The van der Waals surface area contributed by atoms with Crippen LogP contribution in [0.25, 0.3) is 0 Å². The van der Waals surface area contributed by atoms with Crippen LogP contribution in [0.4, 0.5) is 13.2 Å². The Labute approximate surface area is 117 Å². The first kappa shape index (κ1) is 16.0. The average Bonchev–Trinajstić information content (AvgIpc) is 2.40. The Morgan fingerprint density at radius 3 is 2.53 bits per heavy atom. The van der Waals surface area contributed by atoms with Crippen LogP contribution in [0.15, 0.2) is 12.1 Å². The zero-order valence-corrected chi connectivity index (χ0v) is 11.8. The molecule has 0 atom stereocenters. The lowest BCUT2D eigenvalue weighted by molar-refractivity contribution is 0.0703. The number of hydrogen-bond acceptors (Lipinski definition) is 2. The number of carbonyl (C=O) groups excluding carboxylic acids is 1. The summed E-state index contributed by atoms with van der Waals surface area (Å²) in [5, 5.41) is 0.480. The molecule has 0 fully saturated rings. The monoisotopic (exact) mass is 339 g/mol. The summed E-state index contributed by atoms with van der Waals surface area (Å²) < 4.78 is 44.3. The second-order valence-electron chi connectivity index (χ2n) is 3.70. The number of rotatable bonds is 6. The summed E-state index contributed by atoms with van der Waals surface area (Å²) in [6.45, 7) is 0.810. The van der Waals surface area contributed by atoms with Crippen molar-refractivity contribution in [2.45, 2.75) is 0 Å². The highest BCUT2D eigenvalue weighted by molar-refractivity contribution is 9.09. The molecule has 0 aliphatic rings. The number of hydrogen-bond donors (Lipinski definition) is 0. The van der Waals surface area contributed by atoms with Crippen molar-refractivity contribution in [3.63, 3.8) is 0 Å². The Morgan fingerprint density at radius 1 is 1.26 bits per heavy atom. The summed E-state index contributed by atoms with van der Waals surface area (Å²) in [6, 6.07) is 1.67. The molecule has 1 rings (SSSR count). The van der Waals surface area contributed by atoms with E-state index in [0.29, 0.717) is 11.9 Å². The predicted molar refractivity (Wildman–Crippen MR) is 67.9 cm³/mol. The smallest absolute Gasteiger partial charge is 0.257 e. The Bertz CT molecular complexity index is 457. The number of amides is 1. The van der Waals surface area contributed by atoms with Gasteiger partial charge in [0.25, 0.3) is 5.91 Å². The number of alkyl halides is 1. The predicted octanol–water partition coefficient (Wildman–Crippen LogP) is 2.59. The van der Waals surface area contributed by atoms with Crippen molar-refractivity contribution >= 4 is 21.8 Å². The minimum atomic E-state index is -1.64.